The lowest BCUT2D eigenvalue weighted by atomic mass is 10.0. The summed E-state index contributed by atoms with van der Waals surface area (Å²) in [6.45, 7) is 16.0. The Bertz CT molecular complexity index is 395. The van der Waals surface area contributed by atoms with E-state index >= 15 is 0 Å². The average molecular weight is 344 g/mol. The smallest absolute Gasteiger partial charge is 0.417 e. The second-order valence-corrected chi connectivity index (χ2v) is 5.80. The molecule has 1 unspecified atom stereocenters. The predicted molar refractivity (Wildman–Crippen MR) is 101 cm³/mol. The third-order valence-electron chi connectivity index (χ3n) is 2.66. The third kappa shape index (κ3) is 12.9. The maximum atomic E-state index is 11.1. The molecule has 1 aliphatic heterocycles. The van der Waals surface area contributed by atoms with Crippen LogP contribution in [-0.2, 0) is 9.53 Å². The van der Waals surface area contributed by atoms with Crippen molar-refractivity contribution in [1.82, 2.24) is 4.90 Å². The molecule has 0 saturated carbocycles. The molecule has 2 amide bonds. The topological polar surface area (TPSA) is 78.1 Å². The van der Waals surface area contributed by atoms with Crippen LogP contribution < -0.4 is 0 Å². The van der Waals surface area contributed by atoms with E-state index in [4.69, 9.17) is 4.74 Å². The van der Waals surface area contributed by atoms with Crippen LogP contribution in [0.3, 0.4) is 0 Å². The molecule has 2 aliphatic rings. The van der Waals surface area contributed by atoms with Crippen molar-refractivity contribution in [2.24, 2.45) is 5.92 Å². The van der Waals surface area contributed by atoms with Crippen LogP contribution in [0.15, 0.2) is 24.3 Å². The molecular formula is C19H37NO4. The molecule has 0 radical (unpaired) electrons. The van der Waals surface area contributed by atoms with Crippen molar-refractivity contribution in [1.29, 1.82) is 0 Å². The van der Waals surface area contributed by atoms with Gasteiger partial charge in [0.05, 0.1) is 0 Å². The number of amides is 2. The van der Waals surface area contributed by atoms with Crippen LogP contribution >= 0.6 is 0 Å². The number of imide groups is 1. The highest BCUT2D eigenvalue weighted by atomic mass is 16.6. The molecular weight excluding hydrogens is 306 g/mol. The summed E-state index contributed by atoms with van der Waals surface area (Å²) in [5, 5.41) is 0. The van der Waals surface area contributed by atoms with Gasteiger partial charge in [0.15, 0.2) is 0 Å². The Balaban J connectivity index is -0.000000316. The van der Waals surface area contributed by atoms with Gasteiger partial charge in [-0.15, -0.1) is 0 Å². The van der Waals surface area contributed by atoms with Crippen LogP contribution in [0.25, 0.3) is 0 Å². The van der Waals surface area contributed by atoms with E-state index in [-0.39, 0.29) is 11.4 Å². The highest BCUT2D eigenvalue weighted by molar-refractivity contribution is 5.96. The summed E-state index contributed by atoms with van der Waals surface area (Å²) in [5.41, 5.74) is -0.521. The van der Waals surface area contributed by atoms with Gasteiger partial charge in [0.2, 0.25) is 5.91 Å². The summed E-state index contributed by atoms with van der Waals surface area (Å²) in [6.07, 6.45) is 9.77. The Morgan fingerprint density at radius 2 is 1.71 bits per heavy atom. The van der Waals surface area contributed by atoms with Crippen molar-refractivity contribution in [2.75, 3.05) is 6.54 Å². The summed E-state index contributed by atoms with van der Waals surface area (Å²) in [6, 6.07) is 0. The summed E-state index contributed by atoms with van der Waals surface area (Å²) < 4.78 is 4.98. The Morgan fingerprint density at radius 3 is 1.92 bits per heavy atom. The molecule has 0 aromatic heterocycles. The highest BCUT2D eigenvalue weighted by Gasteiger charge is 2.33. The largest absolute Gasteiger partial charge is 0.443 e. The highest BCUT2D eigenvalue weighted by Crippen LogP contribution is 2.15. The number of hydrogen-bond acceptors (Lipinski definition) is 3. The monoisotopic (exact) mass is 343 g/mol. The Hall–Kier alpha value is -1.62. The van der Waals surface area contributed by atoms with Crippen LogP contribution in [0.1, 0.15) is 68.2 Å². The van der Waals surface area contributed by atoms with Crippen molar-refractivity contribution in [3.63, 3.8) is 0 Å². The predicted octanol–water partition coefficient (Wildman–Crippen LogP) is 4.52. The van der Waals surface area contributed by atoms with E-state index in [9.17, 15) is 9.59 Å². The molecule has 1 aliphatic carbocycles. The molecule has 142 valence electrons. The van der Waals surface area contributed by atoms with Gasteiger partial charge in [-0.25, -0.2) is 9.69 Å². The van der Waals surface area contributed by atoms with Gasteiger partial charge >= 0.3 is 6.09 Å². The maximum Gasteiger partial charge on any atom is 0.417 e. The summed E-state index contributed by atoms with van der Waals surface area (Å²) in [4.78, 5) is 23.0. The normalized spacial score (nSPS) is 17.4. The van der Waals surface area contributed by atoms with Crippen LogP contribution in [0, 0.1) is 5.92 Å². The summed E-state index contributed by atoms with van der Waals surface area (Å²) >= 11 is 0. The van der Waals surface area contributed by atoms with E-state index in [2.05, 4.69) is 31.2 Å². The fraction of sp³-hybridized carbons (Fsp3) is 0.684. The number of hydrogen-bond donors (Lipinski definition) is 0. The third-order valence-corrected chi connectivity index (χ3v) is 2.66. The lowest BCUT2D eigenvalue weighted by Gasteiger charge is -2.30. The molecule has 24 heavy (non-hydrogen) atoms. The first-order valence-corrected chi connectivity index (χ1v) is 8.66. The van der Waals surface area contributed by atoms with Crippen molar-refractivity contribution in [3.05, 3.63) is 24.3 Å². The first-order chi connectivity index (χ1) is 10.8. The molecule has 2 rings (SSSR count). The number of likely N-dealkylation sites (tertiary alicyclic amines) is 1. The maximum absolute atomic E-state index is 11.1. The van der Waals surface area contributed by atoms with E-state index in [0.29, 0.717) is 13.0 Å². The van der Waals surface area contributed by atoms with E-state index in [1.54, 1.807) is 20.8 Å². The van der Waals surface area contributed by atoms with Gasteiger partial charge in [-0.2, -0.15) is 0 Å². The molecule has 0 aromatic rings. The van der Waals surface area contributed by atoms with Crippen molar-refractivity contribution < 1.29 is 19.8 Å². The van der Waals surface area contributed by atoms with Crippen molar-refractivity contribution >= 4 is 12.0 Å². The molecule has 5 heteroatoms. The van der Waals surface area contributed by atoms with E-state index < -0.39 is 11.7 Å². The SMILES string of the molecule is CC.CC.CC(C)(C)OC(=O)N1CCC1=O.CC1C=CC=CC1.O. The Labute approximate surface area is 148 Å². The van der Waals surface area contributed by atoms with Gasteiger partial charge in [0.1, 0.15) is 5.60 Å². The second-order valence-electron chi connectivity index (χ2n) is 5.80. The lowest BCUT2D eigenvalue weighted by Crippen LogP contribution is -2.49. The number of nitrogens with zero attached hydrogens (tertiary/aromatic N) is 1. The number of carbonyl (C=O) groups is 2. The lowest BCUT2D eigenvalue weighted by molar-refractivity contribution is -0.138. The van der Waals surface area contributed by atoms with Gasteiger partial charge in [-0.1, -0.05) is 58.9 Å². The van der Waals surface area contributed by atoms with Gasteiger partial charge in [0.25, 0.3) is 0 Å². The molecule has 0 aromatic carbocycles. The minimum atomic E-state index is -0.529. The number of allylic oxidation sites excluding steroid dienone is 4. The fourth-order valence-corrected chi connectivity index (χ4v) is 1.53. The molecule has 1 heterocycles. The molecule has 1 fully saturated rings. The van der Waals surface area contributed by atoms with Crippen molar-refractivity contribution in [2.45, 2.75) is 73.8 Å². The minimum Gasteiger partial charge on any atom is -0.443 e. The molecule has 0 spiro atoms. The van der Waals surface area contributed by atoms with Gasteiger partial charge in [-0.3, -0.25) is 4.79 Å². The van der Waals surface area contributed by atoms with E-state index in [0.717, 1.165) is 10.8 Å². The molecule has 2 N–H and O–H groups in total. The van der Waals surface area contributed by atoms with Gasteiger partial charge in [0, 0.05) is 13.0 Å². The van der Waals surface area contributed by atoms with Crippen LogP contribution in [0.5, 0.6) is 0 Å². The number of ether oxygens (including phenoxy) is 1. The van der Waals surface area contributed by atoms with E-state index in [1.165, 1.54) is 6.42 Å². The zero-order valence-electron chi connectivity index (χ0n) is 16.7. The Kier molecular flexibility index (Phi) is 17.0. The van der Waals surface area contributed by atoms with Gasteiger partial charge in [-0.05, 0) is 33.1 Å². The van der Waals surface area contributed by atoms with Crippen LogP contribution in [-0.4, -0.2) is 34.5 Å². The number of rotatable bonds is 0. The second kappa shape index (κ2) is 14.9. The number of carbonyl (C=O) groups excluding carboxylic acids is 2. The molecule has 1 saturated heterocycles. The first kappa shape index (κ1) is 27.2. The van der Waals surface area contributed by atoms with Crippen LogP contribution in [0.2, 0.25) is 0 Å². The Morgan fingerprint density at radius 1 is 1.17 bits per heavy atom. The summed E-state index contributed by atoms with van der Waals surface area (Å²) in [5.74, 6) is 0.620. The zero-order chi connectivity index (χ0) is 18.5. The quantitative estimate of drug-likeness (QED) is 0.607. The van der Waals surface area contributed by atoms with Crippen LogP contribution in [0.4, 0.5) is 4.79 Å². The molecule has 1 atom stereocenters. The average Bonchev–Trinajstić information content (AvgIpc) is 2.49. The standard InChI is InChI=1S/C8H13NO3.C7H10.2C2H6.H2O/c1-8(2,3)12-7(11)9-5-4-6(9)10;1-7-5-3-2-4-6-7;2*1-2;/h4-5H2,1-3H3;2-5,7H,6H2,1H3;2*1-2H3;1H2. The first-order valence-electron chi connectivity index (χ1n) is 8.66. The van der Waals surface area contributed by atoms with E-state index in [1.807, 2.05) is 27.7 Å². The molecule has 5 nitrogen and oxygen atoms in total. The van der Waals surface area contributed by atoms with Gasteiger partial charge < -0.3 is 10.2 Å². The number of β-lactam (4-membered cyclic amide) rings is 1. The zero-order valence-corrected chi connectivity index (χ0v) is 16.7. The fourth-order valence-electron chi connectivity index (χ4n) is 1.53. The molecule has 0 bridgehead atoms. The summed E-state index contributed by atoms with van der Waals surface area (Å²) in [7, 11) is 0. The minimum absolute atomic E-state index is 0. The van der Waals surface area contributed by atoms with Crippen molar-refractivity contribution in [3.8, 4) is 0 Å².